The van der Waals surface area contributed by atoms with E-state index in [1.807, 2.05) is 0 Å². The van der Waals surface area contributed by atoms with Gasteiger partial charge in [0.15, 0.2) is 0 Å². The van der Waals surface area contributed by atoms with Gasteiger partial charge in [-0.15, -0.1) is 0 Å². The van der Waals surface area contributed by atoms with E-state index in [1.165, 1.54) is 11.1 Å². The zero-order valence-electron chi connectivity index (χ0n) is 6.77. The van der Waals surface area contributed by atoms with Gasteiger partial charge in [-0.25, -0.2) is 0 Å². The van der Waals surface area contributed by atoms with Crippen LogP contribution >= 0.6 is 19.4 Å². The average Bonchev–Trinajstić information content (AvgIpc) is 1.88. The van der Waals surface area contributed by atoms with Crippen molar-refractivity contribution in [2.75, 3.05) is 0 Å². The first kappa shape index (κ1) is 11.4. The third-order valence-electron chi connectivity index (χ3n) is 1.17. The third kappa shape index (κ3) is 6.81. The summed E-state index contributed by atoms with van der Waals surface area (Å²) in [6, 6.07) is 8.45. The molecular weight excluding hydrogens is 232 g/mol. The van der Waals surface area contributed by atoms with Crippen molar-refractivity contribution >= 4 is 19.4 Å². The first-order valence-corrected chi connectivity index (χ1v) is 11.2. The second-order valence-electron chi connectivity index (χ2n) is 2.26. The van der Waals surface area contributed by atoms with Crippen molar-refractivity contribution in [3.8, 4) is 0 Å². The summed E-state index contributed by atoms with van der Waals surface area (Å²) in [5.41, 5.74) is 2.68. The predicted molar refractivity (Wildman–Crippen MR) is 47.6 cm³/mol. The van der Waals surface area contributed by atoms with Crippen LogP contribution in [-0.4, -0.2) is 0 Å². The van der Waals surface area contributed by atoms with Crippen molar-refractivity contribution in [2.45, 2.75) is 13.8 Å². The van der Waals surface area contributed by atoms with Gasteiger partial charge in [0.25, 0.3) is 0 Å². The normalized spacial score (nSPS) is 7.64. The Bertz CT molecular complexity index is 184. The molecule has 0 radical (unpaired) electrons. The molecule has 0 aromatic heterocycles. The van der Waals surface area contributed by atoms with Crippen LogP contribution in [-0.2, 0) is 15.1 Å². The molecule has 0 aliphatic heterocycles. The molecule has 1 aromatic carbocycles. The number of halogens is 2. The van der Waals surface area contributed by atoms with Gasteiger partial charge in [-0.2, -0.15) is 0 Å². The van der Waals surface area contributed by atoms with Gasteiger partial charge >= 0.3 is 34.5 Å². The Morgan fingerprint density at radius 3 is 1.64 bits per heavy atom. The van der Waals surface area contributed by atoms with Crippen LogP contribution in [0.1, 0.15) is 11.1 Å². The van der Waals surface area contributed by atoms with E-state index in [0.29, 0.717) is 0 Å². The second kappa shape index (κ2) is 7.09. The number of hydrogen-bond acceptors (Lipinski definition) is 0. The SMILES string of the molecule is Cc1cccc(C)c1.[Cl][Zn][Cl]. The van der Waals surface area contributed by atoms with E-state index in [2.05, 4.69) is 38.1 Å². The molecule has 0 heterocycles. The molecule has 0 aliphatic rings. The van der Waals surface area contributed by atoms with E-state index in [4.69, 9.17) is 19.4 Å². The molecule has 3 heteroatoms. The number of benzene rings is 1. The fourth-order valence-corrected chi connectivity index (χ4v) is 0.807. The van der Waals surface area contributed by atoms with Crippen LogP contribution < -0.4 is 0 Å². The van der Waals surface area contributed by atoms with E-state index >= 15 is 0 Å². The summed E-state index contributed by atoms with van der Waals surface area (Å²) in [5.74, 6) is 0. The second-order valence-corrected chi connectivity index (χ2v) is 6.88. The van der Waals surface area contributed by atoms with Crippen molar-refractivity contribution in [1.82, 2.24) is 0 Å². The Labute approximate surface area is 83.6 Å². The van der Waals surface area contributed by atoms with E-state index in [0.717, 1.165) is 0 Å². The predicted octanol–water partition coefficient (Wildman–Crippen LogP) is 3.68. The van der Waals surface area contributed by atoms with Crippen LogP contribution in [0.2, 0.25) is 0 Å². The quantitative estimate of drug-likeness (QED) is 0.609. The minimum absolute atomic E-state index is 0.931. The molecule has 0 N–H and O–H groups in total. The summed E-state index contributed by atoms with van der Waals surface area (Å²) in [4.78, 5) is 0. The van der Waals surface area contributed by atoms with Gasteiger partial charge in [0, 0.05) is 0 Å². The van der Waals surface area contributed by atoms with Gasteiger partial charge in [0.1, 0.15) is 0 Å². The molecule has 0 spiro atoms. The molecule has 0 aliphatic carbocycles. The molecule has 0 nitrogen and oxygen atoms in total. The third-order valence-corrected chi connectivity index (χ3v) is 1.17. The maximum absolute atomic E-state index is 4.95. The van der Waals surface area contributed by atoms with E-state index in [-0.39, 0.29) is 0 Å². The number of rotatable bonds is 0. The fourth-order valence-electron chi connectivity index (χ4n) is 0.807. The van der Waals surface area contributed by atoms with Crippen LogP contribution in [0.15, 0.2) is 24.3 Å². The molecule has 58 valence electrons. The summed E-state index contributed by atoms with van der Waals surface area (Å²) in [7, 11) is 9.90. The van der Waals surface area contributed by atoms with Crippen LogP contribution in [0, 0.1) is 13.8 Å². The Kier molecular flexibility index (Phi) is 7.37. The van der Waals surface area contributed by atoms with Crippen LogP contribution in [0.4, 0.5) is 0 Å². The summed E-state index contributed by atoms with van der Waals surface area (Å²) < 4.78 is 0. The minimum atomic E-state index is -0.931. The van der Waals surface area contributed by atoms with Gasteiger partial charge in [0.05, 0.1) is 0 Å². The summed E-state index contributed by atoms with van der Waals surface area (Å²) in [6.07, 6.45) is 0. The molecule has 11 heavy (non-hydrogen) atoms. The molecule has 1 aromatic rings. The monoisotopic (exact) mass is 240 g/mol. The van der Waals surface area contributed by atoms with Gasteiger partial charge < -0.3 is 0 Å². The van der Waals surface area contributed by atoms with Crippen LogP contribution in [0.5, 0.6) is 0 Å². The Hall–Kier alpha value is 0.423. The molecule has 0 bridgehead atoms. The summed E-state index contributed by atoms with van der Waals surface area (Å²) in [5, 5.41) is 0. The topological polar surface area (TPSA) is 0 Å². The van der Waals surface area contributed by atoms with Gasteiger partial charge in [-0.1, -0.05) is 35.4 Å². The van der Waals surface area contributed by atoms with Gasteiger partial charge in [0.2, 0.25) is 0 Å². The van der Waals surface area contributed by atoms with E-state index < -0.39 is 15.1 Å². The van der Waals surface area contributed by atoms with Crippen molar-refractivity contribution in [2.24, 2.45) is 0 Å². The van der Waals surface area contributed by atoms with Crippen molar-refractivity contribution < 1.29 is 15.1 Å². The maximum atomic E-state index is 4.95. The molecule has 0 atom stereocenters. The molecule has 0 unspecified atom stereocenters. The van der Waals surface area contributed by atoms with Gasteiger partial charge in [-0.3, -0.25) is 0 Å². The molecule has 0 fully saturated rings. The molecule has 1 rings (SSSR count). The van der Waals surface area contributed by atoms with Crippen molar-refractivity contribution in [3.63, 3.8) is 0 Å². The summed E-state index contributed by atoms with van der Waals surface area (Å²) >= 11 is -0.931. The number of aryl methyl sites for hydroxylation is 2. The molecule has 0 saturated carbocycles. The van der Waals surface area contributed by atoms with Crippen molar-refractivity contribution in [1.29, 1.82) is 0 Å². The van der Waals surface area contributed by atoms with Crippen LogP contribution in [0.3, 0.4) is 0 Å². The zero-order valence-corrected chi connectivity index (χ0v) is 11.3. The molecular formula is C8H10Cl2Zn. The van der Waals surface area contributed by atoms with Crippen LogP contribution in [0.25, 0.3) is 0 Å². The Morgan fingerprint density at radius 1 is 1.09 bits per heavy atom. The fraction of sp³-hybridized carbons (Fsp3) is 0.250. The van der Waals surface area contributed by atoms with Gasteiger partial charge in [-0.05, 0) is 13.8 Å². The van der Waals surface area contributed by atoms with E-state index in [9.17, 15) is 0 Å². The zero-order chi connectivity index (χ0) is 8.69. The molecule has 0 amide bonds. The Balaban J connectivity index is 0.000000292. The first-order chi connectivity index (χ1) is 5.20. The Morgan fingerprint density at radius 2 is 1.45 bits per heavy atom. The summed E-state index contributed by atoms with van der Waals surface area (Å²) in [6.45, 7) is 4.21. The number of hydrogen-bond donors (Lipinski definition) is 0. The standard InChI is InChI=1S/C8H10.2ClH.Zn/c1-7-4-3-5-8(2)6-7;;;/h3-6H,1-2H3;2*1H;/q;;;+2/p-2. The molecule has 0 saturated heterocycles. The average molecular weight is 242 g/mol. The van der Waals surface area contributed by atoms with E-state index in [1.54, 1.807) is 0 Å². The van der Waals surface area contributed by atoms with Crippen molar-refractivity contribution in [3.05, 3.63) is 35.4 Å². The first-order valence-electron chi connectivity index (χ1n) is 3.36.